The predicted molar refractivity (Wildman–Crippen MR) is 83.3 cm³/mol. The first-order chi connectivity index (χ1) is 9.22. The smallest absolute Gasteiger partial charge is 0.0483 e. The van der Waals surface area contributed by atoms with Crippen LogP contribution in [0.4, 0.5) is 0 Å². The van der Waals surface area contributed by atoms with Gasteiger partial charge in [-0.05, 0) is 30.5 Å². The van der Waals surface area contributed by atoms with Crippen molar-refractivity contribution in [3.05, 3.63) is 48.7 Å². The van der Waals surface area contributed by atoms with Crippen LogP contribution in [0.25, 0.3) is 10.9 Å². The van der Waals surface area contributed by atoms with Gasteiger partial charge in [-0.2, -0.15) is 0 Å². The molecule has 0 bridgehead atoms. The molecule has 0 spiro atoms. The Morgan fingerprint density at radius 1 is 1.32 bits per heavy atom. The van der Waals surface area contributed by atoms with Gasteiger partial charge in [0, 0.05) is 30.2 Å². The predicted octanol–water partition coefficient (Wildman–Crippen LogP) is 3.96. The SMILES string of the molecule is C=CCCn1cc(CNCC(C)C)c2ccccc21. The van der Waals surface area contributed by atoms with E-state index in [2.05, 4.69) is 60.8 Å². The van der Waals surface area contributed by atoms with Crippen LogP contribution >= 0.6 is 0 Å². The standard InChI is InChI=1S/C17H24N2/c1-4-5-10-19-13-15(12-18-11-14(2)3)16-8-6-7-9-17(16)19/h4,6-9,13-14,18H,1,5,10-12H2,2-3H3. The van der Waals surface area contributed by atoms with Crippen LogP contribution in [-0.2, 0) is 13.1 Å². The van der Waals surface area contributed by atoms with Gasteiger partial charge in [0.05, 0.1) is 0 Å². The minimum Gasteiger partial charge on any atom is -0.347 e. The van der Waals surface area contributed by atoms with Gasteiger partial charge in [-0.25, -0.2) is 0 Å². The second-order valence-corrected chi connectivity index (χ2v) is 5.47. The van der Waals surface area contributed by atoms with Gasteiger partial charge in [0.1, 0.15) is 0 Å². The number of hydrogen-bond acceptors (Lipinski definition) is 1. The molecule has 0 radical (unpaired) electrons. The van der Waals surface area contributed by atoms with Gasteiger partial charge < -0.3 is 9.88 Å². The van der Waals surface area contributed by atoms with Crippen LogP contribution in [-0.4, -0.2) is 11.1 Å². The summed E-state index contributed by atoms with van der Waals surface area (Å²) in [5.41, 5.74) is 2.71. The summed E-state index contributed by atoms with van der Waals surface area (Å²) < 4.78 is 2.34. The molecule has 0 saturated carbocycles. The zero-order valence-corrected chi connectivity index (χ0v) is 12.0. The van der Waals surface area contributed by atoms with Gasteiger partial charge in [-0.3, -0.25) is 0 Å². The Hall–Kier alpha value is -1.54. The number of rotatable bonds is 7. The highest BCUT2D eigenvalue weighted by Crippen LogP contribution is 2.21. The average Bonchev–Trinajstić information content (AvgIpc) is 2.75. The van der Waals surface area contributed by atoms with Crippen LogP contribution in [0.3, 0.4) is 0 Å². The molecule has 0 aliphatic carbocycles. The highest BCUT2D eigenvalue weighted by Gasteiger charge is 2.07. The first kappa shape index (κ1) is 13.9. The molecule has 1 N–H and O–H groups in total. The molecule has 2 heteroatoms. The Labute approximate surface area is 116 Å². The van der Waals surface area contributed by atoms with Crippen molar-refractivity contribution in [3.8, 4) is 0 Å². The number of para-hydroxylation sites is 1. The zero-order valence-electron chi connectivity index (χ0n) is 12.0. The van der Waals surface area contributed by atoms with E-state index in [-0.39, 0.29) is 0 Å². The van der Waals surface area contributed by atoms with Crippen molar-refractivity contribution in [3.63, 3.8) is 0 Å². The van der Waals surface area contributed by atoms with Gasteiger partial charge in [-0.15, -0.1) is 6.58 Å². The number of aromatic nitrogens is 1. The fraction of sp³-hybridized carbons (Fsp3) is 0.412. The Balaban J connectivity index is 2.20. The molecular formula is C17H24N2. The van der Waals surface area contributed by atoms with E-state index in [1.54, 1.807) is 0 Å². The van der Waals surface area contributed by atoms with Gasteiger partial charge in [-0.1, -0.05) is 38.1 Å². The third-order valence-electron chi connectivity index (χ3n) is 3.31. The third kappa shape index (κ3) is 3.48. The molecule has 19 heavy (non-hydrogen) atoms. The Bertz CT molecular complexity index is 537. The number of aryl methyl sites for hydroxylation is 1. The summed E-state index contributed by atoms with van der Waals surface area (Å²) in [7, 11) is 0. The monoisotopic (exact) mass is 256 g/mol. The van der Waals surface area contributed by atoms with Gasteiger partial charge in [0.25, 0.3) is 0 Å². The van der Waals surface area contributed by atoms with Crippen LogP contribution in [0.5, 0.6) is 0 Å². The minimum absolute atomic E-state index is 0.689. The van der Waals surface area contributed by atoms with Crippen LogP contribution in [0.2, 0.25) is 0 Å². The average molecular weight is 256 g/mol. The van der Waals surface area contributed by atoms with Crippen LogP contribution in [0.15, 0.2) is 43.1 Å². The summed E-state index contributed by atoms with van der Waals surface area (Å²) in [4.78, 5) is 0. The molecule has 2 nitrogen and oxygen atoms in total. The quantitative estimate of drug-likeness (QED) is 0.742. The normalized spacial score (nSPS) is 11.3. The molecule has 2 aromatic rings. The molecule has 0 aliphatic rings. The molecule has 1 aromatic heterocycles. The maximum atomic E-state index is 3.81. The first-order valence-electron chi connectivity index (χ1n) is 7.10. The van der Waals surface area contributed by atoms with Crippen molar-refractivity contribution < 1.29 is 0 Å². The minimum atomic E-state index is 0.689. The van der Waals surface area contributed by atoms with Crippen LogP contribution < -0.4 is 5.32 Å². The highest BCUT2D eigenvalue weighted by atomic mass is 15.0. The van der Waals surface area contributed by atoms with Crippen molar-refractivity contribution in [1.29, 1.82) is 0 Å². The molecule has 1 heterocycles. The summed E-state index contributed by atoms with van der Waals surface area (Å²) in [6.07, 6.45) is 5.27. The summed E-state index contributed by atoms with van der Waals surface area (Å²) >= 11 is 0. The lowest BCUT2D eigenvalue weighted by molar-refractivity contribution is 0.552. The van der Waals surface area contributed by atoms with Crippen molar-refractivity contribution in [2.45, 2.75) is 33.4 Å². The summed E-state index contributed by atoms with van der Waals surface area (Å²) in [6, 6.07) is 8.64. The van der Waals surface area contributed by atoms with Crippen molar-refractivity contribution in [1.82, 2.24) is 9.88 Å². The number of hydrogen-bond donors (Lipinski definition) is 1. The van der Waals surface area contributed by atoms with Crippen molar-refractivity contribution >= 4 is 10.9 Å². The lowest BCUT2D eigenvalue weighted by Gasteiger charge is -2.06. The summed E-state index contributed by atoms with van der Waals surface area (Å²) in [5.74, 6) is 0.689. The van der Waals surface area contributed by atoms with Crippen LogP contribution in [0, 0.1) is 5.92 Å². The second-order valence-electron chi connectivity index (χ2n) is 5.47. The summed E-state index contributed by atoms with van der Waals surface area (Å²) in [6.45, 7) is 11.3. The van der Waals surface area contributed by atoms with E-state index in [0.717, 1.165) is 26.1 Å². The van der Waals surface area contributed by atoms with E-state index in [4.69, 9.17) is 0 Å². The second kappa shape index (κ2) is 6.58. The topological polar surface area (TPSA) is 17.0 Å². The Morgan fingerprint density at radius 2 is 2.11 bits per heavy atom. The lowest BCUT2D eigenvalue weighted by Crippen LogP contribution is -2.18. The molecule has 0 aliphatic heterocycles. The Morgan fingerprint density at radius 3 is 2.84 bits per heavy atom. The van der Waals surface area contributed by atoms with E-state index in [0.29, 0.717) is 5.92 Å². The number of nitrogens with one attached hydrogen (secondary N) is 1. The fourth-order valence-corrected chi connectivity index (χ4v) is 2.37. The molecule has 0 unspecified atom stereocenters. The maximum Gasteiger partial charge on any atom is 0.0483 e. The fourth-order valence-electron chi connectivity index (χ4n) is 2.37. The molecule has 0 atom stereocenters. The van der Waals surface area contributed by atoms with Gasteiger partial charge in [0.2, 0.25) is 0 Å². The molecule has 102 valence electrons. The molecular weight excluding hydrogens is 232 g/mol. The maximum absolute atomic E-state index is 3.81. The van der Waals surface area contributed by atoms with E-state index >= 15 is 0 Å². The van der Waals surface area contributed by atoms with E-state index in [1.807, 2.05) is 6.08 Å². The number of allylic oxidation sites excluding steroid dienone is 1. The Kier molecular flexibility index (Phi) is 4.80. The van der Waals surface area contributed by atoms with E-state index in [1.165, 1.54) is 16.5 Å². The number of benzene rings is 1. The van der Waals surface area contributed by atoms with Gasteiger partial charge in [0.15, 0.2) is 0 Å². The highest BCUT2D eigenvalue weighted by molar-refractivity contribution is 5.83. The molecule has 0 fully saturated rings. The van der Waals surface area contributed by atoms with E-state index in [9.17, 15) is 0 Å². The lowest BCUT2D eigenvalue weighted by atomic mass is 10.1. The van der Waals surface area contributed by atoms with Crippen LogP contribution in [0.1, 0.15) is 25.8 Å². The summed E-state index contributed by atoms with van der Waals surface area (Å²) in [5, 5.41) is 4.89. The van der Waals surface area contributed by atoms with Crippen molar-refractivity contribution in [2.75, 3.05) is 6.54 Å². The molecule has 0 amide bonds. The number of fused-ring (bicyclic) bond motifs is 1. The first-order valence-corrected chi connectivity index (χ1v) is 7.10. The number of nitrogens with zero attached hydrogens (tertiary/aromatic N) is 1. The zero-order chi connectivity index (χ0) is 13.7. The van der Waals surface area contributed by atoms with E-state index < -0.39 is 0 Å². The molecule has 0 saturated heterocycles. The molecule has 1 aromatic carbocycles. The van der Waals surface area contributed by atoms with Gasteiger partial charge >= 0.3 is 0 Å². The third-order valence-corrected chi connectivity index (χ3v) is 3.31. The molecule has 2 rings (SSSR count). The van der Waals surface area contributed by atoms with Crippen molar-refractivity contribution in [2.24, 2.45) is 5.92 Å². The largest absolute Gasteiger partial charge is 0.347 e.